The van der Waals surface area contributed by atoms with Crippen LogP contribution in [0.2, 0.25) is 25.7 Å². The highest BCUT2D eigenvalue weighted by Gasteiger charge is 2.58. The van der Waals surface area contributed by atoms with E-state index in [0.717, 1.165) is 17.3 Å². The van der Waals surface area contributed by atoms with Crippen LogP contribution in [0.5, 0.6) is 0 Å². The number of hydrogen-bond donors (Lipinski definition) is 3. The number of β-lactam (4-membered cyclic amide) rings is 1. The van der Waals surface area contributed by atoms with Gasteiger partial charge in [-0.2, -0.15) is 0 Å². The Morgan fingerprint density at radius 1 is 1.32 bits per heavy atom. The quantitative estimate of drug-likeness (QED) is 0.238. The molecule has 2 aliphatic heterocycles. The molecule has 10 heteroatoms. The predicted molar refractivity (Wildman–Crippen MR) is 131 cm³/mol. The zero-order chi connectivity index (χ0) is 22.9. The van der Waals surface area contributed by atoms with Gasteiger partial charge in [0.2, 0.25) is 5.91 Å². The van der Waals surface area contributed by atoms with E-state index in [0.29, 0.717) is 16.6 Å². The second-order valence-electron chi connectivity index (χ2n) is 8.89. The SMILES string of the molecule is CNC(=S)Nc1ccc(C2=C(C(=O)OCC[Si](C)(C)C)N3C(=O)[C@H]([C@@H](C)O)[C@H]3S2)cc1. The number of rotatable bonds is 7. The zero-order valence-electron chi connectivity index (χ0n) is 18.4. The maximum Gasteiger partial charge on any atom is 0.356 e. The smallest absolute Gasteiger partial charge is 0.356 e. The minimum Gasteiger partial charge on any atom is -0.461 e. The average molecular weight is 480 g/mol. The van der Waals surface area contributed by atoms with Crippen LogP contribution in [0.1, 0.15) is 12.5 Å². The summed E-state index contributed by atoms with van der Waals surface area (Å²) < 4.78 is 5.57. The normalized spacial score (nSPS) is 21.4. The molecule has 3 rings (SSSR count). The molecule has 2 aliphatic rings. The van der Waals surface area contributed by atoms with Crippen LogP contribution in [-0.2, 0) is 14.3 Å². The van der Waals surface area contributed by atoms with E-state index in [1.165, 1.54) is 16.7 Å². The standard InChI is InChI=1S/C21H29N3O4S2Si/c1-12(25)15-18(26)24-16(20(27)28-10-11-31(3,4)5)17(30-19(15)24)13-6-8-14(9-7-13)23-21(29)22-2/h6-9,12,15,19,25H,10-11H2,1-5H3,(H2,22,23,29)/t12-,15+,19-/m1/s1. The molecule has 3 atom stereocenters. The summed E-state index contributed by atoms with van der Waals surface area (Å²) in [6.07, 6.45) is -0.779. The summed E-state index contributed by atoms with van der Waals surface area (Å²) in [6, 6.07) is 8.35. The lowest BCUT2D eigenvalue weighted by molar-refractivity contribution is -0.158. The summed E-state index contributed by atoms with van der Waals surface area (Å²) >= 11 is 6.55. The van der Waals surface area contributed by atoms with E-state index < -0.39 is 26.1 Å². The van der Waals surface area contributed by atoms with Crippen molar-refractivity contribution in [2.24, 2.45) is 5.92 Å². The Labute approximate surface area is 193 Å². The number of anilines is 1. The molecule has 1 aromatic carbocycles. The maximum absolute atomic E-state index is 13.0. The van der Waals surface area contributed by atoms with Crippen molar-refractivity contribution in [3.05, 3.63) is 35.5 Å². The molecule has 7 nitrogen and oxygen atoms in total. The van der Waals surface area contributed by atoms with Gasteiger partial charge in [-0.3, -0.25) is 9.69 Å². The van der Waals surface area contributed by atoms with Crippen molar-refractivity contribution in [3.63, 3.8) is 0 Å². The number of fused-ring (bicyclic) bond motifs is 1. The van der Waals surface area contributed by atoms with Crippen LogP contribution < -0.4 is 10.6 Å². The molecule has 1 aromatic rings. The van der Waals surface area contributed by atoms with E-state index >= 15 is 0 Å². The summed E-state index contributed by atoms with van der Waals surface area (Å²) in [5.41, 5.74) is 1.90. The molecule has 1 amide bonds. The summed E-state index contributed by atoms with van der Waals surface area (Å²) in [6.45, 7) is 8.60. The van der Waals surface area contributed by atoms with Crippen LogP contribution in [0.3, 0.4) is 0 Å². The van der Waals surface area contributed by atoms with Crippen molar-refractivity contribution in [3.8, 4) is 0 Å². The number of amides is 1. The summed E-state index contributed by atoms with van der Waals surface area (Å²) in [5, 5.41) is 16.1. The fraction of sp³-hybridized carbons (Fsp3) is 0.476. The highest BCUT2D eigenvalue weighted by atomic mass is 32.2. The Bertz CT molecular complexity index is 912. The van der Waals surface area contributed by atoms with Crippen molar-refractivity contribution in [2.75, 3.05) is 19.0 Å². The second kappa shape index (κ2) is 9.31. The number of hydrogen-bond acceptors (Lipinski definition) is 6. The van der Waals surface area contributed by atoms with Gasteiger partial charge in [-0.25, -0.2) is 4.79 Å². The largest absolute Gasteiger partial charge is 0.461 e. The molecule has 0 aliphatic carbocycles. The second-order valence-corrected chi connectivity index (χ2v) is 16.0. The van der Waals surface area contributed by atoms with Crippen LogP contribution in [0, 0.1) is 5.92 Å². The third-order valence-corrected chi connectivity index (χ3v) is 8.63. The number of aliphatic hydroxyl groups is 1. The number of benzene rings is 1. The highest BCUT2D eigenvalue weighted by Crippen LogP contribution is 2.54. The topological polar surface area (TPSA) is 90.9 Å². The highest BCUT2D eigenvalue weighted by molar-refractivity contribution is 8.09. The van der Waals surface area contributed by atoms with Gasteiger partial charge >= 0.3 is 5.97 Å². The Kier molecular flexibility index (Phi) is 7.14. The van der Waals surface area contributed by atoms with Crippen LogP contribution in [0.25, 0.3) is 4.91 Å². The first-order chi connectivity index (χ1) is 14.5. The Morgan fingerprint density at radius 3 is 2.52 bits per heavy atom. The molecule has 0 spiro atoms. The number of esters is 1. The molecule has 0 unspecified atom stereocenters. The molecule has 3 N–H and O–H groups in total. The van der Waals surface area contributed by atoms with Gasteiger partial charge in [0.25, 0.3) is 0 Å². The molecule has 0 saturated carbocycles. The molecule has 0 bridgehead atoms. The number of thioether (sulfide) groups is 1. The van der Waals surface area contributed by atoms with Crippen molar-refractivity contribution >= 4 is 59.6 Å². The van der Waals surface area contributed by atoms with Gasteiger partial charge in [0.05, 0.1) is 18.6 Å². The molecule has 2 heterocycles. The van der Waals surface area contributed by atoms with Crippen LogP contribution in [0.4, 0.5) is 5.69 Å². The Morgan fingerprint density at radius 2 is 1.97 bits per heavy atom. The van der Waals surface area contributed by atoms with Crippen molar-refractivity contribution in [1.29, 1.82) is 0 Å². The van der Waals surface area contributed by atoms with Gasteiger partial charge in [-0.15, -0.1) is 0 Å². The number of thiocarbonyl (C=S) groups is 1. The van der Waals surface area contributed by atoms with E-state index in [1.54, 1.807) is 14.0 Å². The average Bonchev–Trinajstić information content (AvgIpc) is 3.02. The monoisotopic (exact) mass is 479 g/mol. The number of carbonyl (C=O) groups is 2. The number of nitrogens with zero attached hydrogens (tertiary/aromatic N) is 1. The van der Waals surface area contributed by atoms with Crippen LogP contribution in [0.15, 0.2) is 30.0 Å². The molecule has 1 fully saturated rings. The summed E-state index contributed by atoms with van der Waals surface area (Å²) in [7, 11) is 0.381. The van der Waals surface area contributed by atoms with Gasteiger partial charge in [-0.1, -0.05) is 43.5 Å². The maximum atomic E-state index is 13.0. The fourth-order valence-electron chi connectivity index (χ4n) is 3.39. The number of carbonyl (C=O) groups excluding carboxylic acids is 2. The van der Waals surface area contributed by atoms with E-state index in [2.05, 4.69) is 30.3 Å². The minimum absolute atomic E-state index is 0.239. The first kappa shape index (κ1) is 23.8. The van der Waals surface area contributed by atoms with Crippen molar-refractivity contribution in [1.82, 2.24) is 10.2 Å². The van der Waals surface area contributed by atoms with Gasteiger partial charge in [0.1, 0.15) is 11.1 Å². The van der Waals surface area contributed by atoms with E-state index in [4.69, 9.17) is 17.0 Å². The molecule has 168 valence electrons. The molecular weight excluding hydrogens is 450 g/mol. The first-order valence-corrected chi connectivity index (χ1v) is 15.2. The predicted octanol–water partition coefficient (Wildman–Crippen LogP) is 3.06. The molecule has 1 saturated heterocycles. The summed E-state index contributed by atoms with van der Waals surface area (Å²) in [4.78, 5) is 27.9. The van der Waals surface area contributed by atoms with Crippen LogP contribution >= 0.6 is 24.0 Å². The number of ether oxygens (including phenoxy) is 1. The third kappa shape index (κ3) is 5.13. The van der Waals surface area contributed by atoms with Crippen LogP contribution in [-0.4, -0.2) is 60.2 Å². The Balaban J connectivity index is 1.87. The minimum atomic E-state index is -1.36. The lowest BCUT2D eigenvalue weighted by atomic mass is 9.92. The van der Waals surface area contributed by atoms with Gasteiger partial charge in [0.15, 0.2) is 5.11 Å². The molecule has 0 aromatic heterocycles. The molecular formula is C21H29N3O4S2Si. The first-order valence-electron chi connectivity index (χ1n) is 10.2. The van der Waals surface area contributed by atoms with Crippen molar-refractivity contribution in [2.45, 2.75) is 44.1 Å². The van der Waals surface area contributed by atoms with Gasteiger partial charge < -0.3 is 20.5 Å². The lowest BCUT2D eigenvalue weighted by Crippen LogP contribution is -2.60. The van der Waals surface area contributed by atoms with E-state index in [-0.39, 0.29) is 17.0 Å². The molecule has 31 heavy (non-hydrogen) atoms. The van der Waals surface area contributed by atoms with Gasteiger partial charge in [0, 0.05) is 25.7 Å². The molecule has 0 radical (unpaired) electrons. The lowest BCUT2D eigenvalue weighted by Gasteiger charge is -2.43. The van der Waals surface area contributed by atoms with E-state index in [9.17, 15) is 14.7 Å². The fourth-order valence-corrected chi connectivity index (χ4v) is 5.84. The number of aliphatic hydroxyl groups excluding tert-OH is 1. The third-order valence-electron chi connectivity index (χ3n) is 5.21. The number of nitrogens with one attached hydrogen (secondary N) is 2. The Hall–Kier alpha value is -1.88. The summed E-state index contributed by atoms with van der Waals surface area (Å²) in [5.74, 6) is -1.25. The van der Waals surface area contributed by atoms with E-state index in [1.807, 2.05) is 24.3 Å². The van der Waals surface area contributed by atoms with Crippen molar-refractivity contribution < 1.29 is 19.4 Å². The van der Waals surface area contributed by atoms with Gasteiger partial charge in [-0.05, 0) is 42.9 Å². The zero-order valence-corrected chi connectivity index (χ0v) is 21.0.